The van der Waals surface area contributed by atoms with Gasteiger partial charge in [-0.15, -0.1) is 5.73 Å². The molecule has 0 bridgehead atoms. The van der Waals surface area contributed by atoms with Crippen LogP contribution >= 0.6 is 7.37 Å². The van der Waals surface area contributed by atoms with Gasteiger partial charge in [-0.2, -0.15) is 0 Å². The average molecular weight is 282 g/mol. The van der Waals surface area contributed by atoms with Gasteiger partial charge in [0.15, 0.2) is 0 Å². The van der Waals surface area contributed by atoms with Gasteiger partial charge in [-0.3, -0.25) is 4.57 Å². The Morgan fingerprint density at radius 3 is 2.45 bits per heavy atom. The fourth-order valence-corrected chi connectivity index (χ4v) is 4.24. The molecule has 2 aromatic rings. The van der Waals surface area contributed by atoms with Crippen LogP contribution in [0.4, 0.5) is 0 Å². The molecule has 100 valence electrons. The molecule has 0 N–H and O–H groups in total. The number of fused-ring (bicyclic) bond motifs is 3. The summed E-state index contributed by atoms with van der Waals surface area (Å²) >= 11 is 0. The standard InChI is InChI=1S/C17H15O2P/c1-13(2)11-12-20(18)17-10-6-4-8-15(17)14-7-3-5-9-16(14)19-20/h3-10,12H,1-2H3. The van der Waals surface area contributed by atoms with Crippen molar-refractivity contribution in [2.75, 3.05) is 0 Å². The summed E-state index contributed by atoms with van der Waals surface area (Å²) in [6.07, 6.45) is 0. The molecule has 3 rings (SSSR count). The van der Waals surface area contributed by atoms with E-state index in [0.29, 0.717) is 5.75 Å². The van der Waals surface area contributed by atoms with Crippen molar-refractivity contribution in [2.24, 2.45) is 0 Å². The molecule has 1 unspecified atom stereocenters. The van der Waals surface area contributed by atoms with Crippen molar-refractivity contribution in [1.29, 1.82) is 0 Å². The minimum absolute atomic E-state index is 0.668. The topological polar surface area (TPSA) is 26.3 Å². The summed E-state index contributed by atoms with van der Waals surface area (Å²) in [5.74, 6) is 2.25. The largest absolute Gasteiger partial charge is 0.436 e. The van der Waals surface area contributed by atoms with Gasteiger partial charge in [0.2, 0.25) is 0 Å². The lowest BCUT2D eigenvalue weighted by Gasteiger charge is -2.26. The van der Waals surface area contributed by atoms with Crippen LogP contribution in [-0.2, 0) is 4.57 Å². The van der Waals surface area contributed by atoms with Crippen LogP contribution in [0.1, 0.15) is 13.8 Å². The second-order valence-electron chi connectivity index (χ2n) is 4.98. The first kappa shape index (κ1) is 13.0. The van der Waals surface area contributed by atoms with E-state index in [1.807, 2.05) is 62.4 Å². The predicted octanol–water partition coefficient (Wildman–Crippen LogP) is 4.73. The van der Waals surface area contributed by atoms with E-state index >= 15 is 0 Å². The lowest BCUT2D eigenvalue weighted by molar-refractivity contribution is 0.501. The zero-order chi connectivity index (χ0) is 14.2. The lowest BCUT2D eigenvalue weighted by atomic mass is 10.0. The number of benzene rings is 2. The molecule has 0 aliphatic carbocycles. The Labute approximate surface area is 118 Å². The van der Waals surface area contributed by atoms with Crippen LogP contribution < -0.4 is 9.83 Å². The van der Waals surface area contributed by atoms with E-state index < -0.39 is 7.37 Å². The van der Waals surface area contributed by atoms with Crippen LogP contribution in [0, 0.1) is 0 Å². The molecule has 1 atom stereocenters. The first-order chi connectivity index (χ1) is 9.60. The van der Waals surface area contributed by atoms with Crippen LogP contribution in [0.25, 0.3) is 11.1 Å². The van der Waals surface area contributed by atoms with E-state index in [4.69, 9.17) is 4.52 Å². The molecule has 0 fully saturated rings. The molecule has 1 aliphatic rings. The summed E-state index contributed by atoms with van der Waals surface area (Å²) in [5, 5.41) is 0.743. The molecule has 0 radical (unpaired) electrons. The molecule has 0 saturated heterocycles. The van der Waals surface area contributed by atoms with Crippen molar-refractivity contribution < 1.29 is 9.09 Å². The molecule has 1 aliphatic heterocycles. The first-order valence-corrected chi connectivity index (χ1v) is 8.19. The number of rotatable bonds is 1. The predicted molar refractivity (Wildman–Crippen MR) is 82.7 cm³/mol. The molecule has 0 saturated carbocycles. The van der Waals surface area contributed by atoms with Crippen molar-refractivity contribution in [2.45, 2.75) is 13.8 Å². The normalized spacial score (nSPS) is 19.1. The minimum atomic E-state index is -3.05. The van der Waals surface area contributed by atoms with Gasteiger partial charge in [0.05, 0.1) is 11.1 Å². The zero-order valence-corrected chi connectivity index (χ0v) is 12.4. The highest BCUT2D eigenvalue weighted by molar-refractivity contribution is 7.70. The van der Waals surface area contributed by atoms with E-state index in [0.717, 1.165) is 22.0 Å². The maximum Gasteiger partial charge on any atom is 0.307 e. The van der Waals surface area contributed by atoms with Crippen LogP contribution in [0.2, 0.25) is 0 Å². The monoisotopic (exact) mass is 282 g/mol. The van der Waals surface area contributed by atoms with E-state index in [9.17, 15) is 4.57 Å². The van der Waals surface area contributed by atoms with Crippen molar-refractivity contribution in [3.63, 3.8) is 0 Å². The summed E-state index contributed by atoms with van der Waals surface area (Å²) in [4.78, 5) is 0. The summed E-state index contributed by atoms with van der Waals surface area (Å²) in [5.41, 5.74) is 5.97. The Hall–Kier alpha value is -2.01. The fraction of sp³-hybridized carbons (Fsp3) is 0.118. The van der Waals surface area contributed by atoms with Gasteiger partial charge in [-0.05, 0) is 37.1 Å². The van der Waals surface area contributed by atoms with Crippen LogP contribution in [-0.4, -0.2) is 0 Å². The van der Waals surface area contributed by atoms with E-state index in [2.05, 4.69) is 5.73 Å². The van der Waals surface area contributed by atoms with E-state index in [-0.39, 0.29) is 0 Å². The smallest absolute Gasteiger partial charge is 0.307 e. The highest BCUT2D eigenvalue weighted by atomic mass is 31.2. The van der Waals surface area contributed by atoms with Crippen LogP contribution in [0.5, 0.6) is 5.75 Å². The van der Waals surface area contributed by atoms with E-state index in [1.165, 1.54) is 0 Å². The first-order valence-electron chi connectivity index (χ1n) is 6.49. The van der Waals surface area contributed by atoms with Crippen molar-refractivity contribution in [3.8, 4) is 16.9 Å². The molecular weight excluding hydrogens is 267 g/mol. The molecule has 0 amide bonds. The molecular formula is C17H15O2P. The fourth-order valence-electron chi connectivity index (χ4n) is 2.25. The molecule has 2 aromatic carbocycles. The number of para-hydroxylation sites is 1. The molecule has 2 nitrogen and oxygen atoms in total. The second kappa shape index (κ2) is 4.83. The van der Waals surface area contributed by atoms with Crippen LogP contribution in [0.15, 0.2) is 65.7 Å². The molecule has 3 heteroatoms. The third kappa shape index (κ3) is 2.14. The van der Waals surface area contributed by atoms with Gasteiger partial charge >= 0.3 is 7.37 Å². The third-order valence-electron chi connectivity index (χ3n) is 3.17. The Bertz CT molecular complexity index is 779. The Morgan fingerprint density at radius 1 is 1.05 bits per heavy atom. The molecule has 0 spiro atoms. The molecule has 0 aromatic heterocycles. The van der Waals surface area contributed by atoms with Crippen molar-refractivity contribution in [1.82, 2.24) is 0 Å². The SMILES string of the molecule is CC(C)=C=CP1(=O)Oc2ccccc2-c2ccccc21. The van der Waals surface area contributed by atoms with Gasteiger partial charge in [-0.1, -0.05) is 36.4 Å². The highest BCUT2D eigenvalue weighted by Crippen LogP contribution is 2.55. The van der Waals surface area contributed by atoms with Gasteiger partial charge in [-0.25, -0.2) is 0 Å². The summed E-state index contributed by atoms with van der Waals surface area (Å²) in [6, 6.07) is 15.4. The van der Waals surface area contributed by atoms with Crippen molar-refractivity contribution >= 4 is 12.7 Å². The maximum atomic E-state index is 13.2. The lowest BCUT2D eigenvalue weighted by Crippen LogP contribution is -2.15. The zero-order valence-electron chi connectivity index (χ0n) is 11.5. The number of hydrogen-bond donors (Lipinski definition) is 0. The quantitative estimate of drug-likeness (QED) is 0.558. The molecule has 20 heavy (non-hydrogen) atoms. The summed E-state index contributed by atoms with van der Waals surface area (Å²) in [6.45, 7) is 3.85. The van der Waals surface area contributed by atoms with Gasteiger partial charge in [0.1, 0.15) is 5.75 Å². The average Bonchev–Trinajstić information content (AvgIpc) is 2.46. The van der Waals surface area contributed by atoms with E-state index in [1.54, 1.807) is 5.82 Å². The Balaban J connectivity index is 2.29. The van der Waals surface area contributed by atoms with Crippen molar-refractivity contribution in [3.05, 3.63) is 65.7 Å². The highest BCUT2D eigenvalue weighted by Gasteiger charge is 2.33. The second-order valence-corrected chi connectivity index (χ2v) is 7.09. The number of allylic oxidation sites excluding steroid dienone is 1. The number of hydrogen-bond acceptors (Lipinski definition) is 2. The Kier molecular flexibility index (Phi) is 3.14. The minimum Gasteiger partial charge on any atom is -0.436 e. The summed E-state index contributed by atoms with van der Waals surface area (Å²) < 4.78 is 19.0. The molecule has 1 heterocycles. The van der Waals surface area contributed by atoms with Crippen LogP contribution in [0.3, 0.4) is 0 Å². The Morgan fingerprint density at radius 2 is 1.70 bits per heavy atom. The van der Waals surface area contributed by atoms with Gasteiger partial charge in [0, 0.05) is 5.56 Å². The van der Waals surface area contributed by atoms with Gasteiger partial charge < -0.3 is 4.52 Å². The van der Waals surface area contributed by atoms with Gasteiger partial charge in [0.25, 0.3) is 0 Å². The summed E-state index contributed by atoms with van der Waals surface area (Å²) in [7, 11) is -3.05. The third-order valence-corrected chi connectivity index (χ3v) is 5.17. The maximum absolute atomic E-state index is 13.2.